The van der Waals surface area contributed by atoms with Crippen LogP contribution in [-0.4, -0.2) is 40.6 Å². The van der Waals surface area contributed by atoms with Gasteiger partial charge in [-0.05, 0) is 38.0 Å². The summed E-state index contributed by atoms with van der Waals surface area (Å²) in [6.07, 6.45) is 0.768. The molecule has 9 heteroatoms. The highest BCUT2D eigenvalue weighted by Crippen LogP contribution is 2.53. The number of benzene rings is 1. The maximum Gasteiger partial charge on any atom is 0.250 e. The molecule has 0 aliphatic carbocycles. The number of rotatable bonds is 5. The molecule has 154 valence electrons. The molecule has 0 saturated carbocycles. The SMILES string of the molecule is CC[C@H](C)N1C(=O)[C@H]2[C@@H](C1=O)[C@]1(N[C@@H]2CCC(N)=O)C(=O)Nc2ccc(F)cc21. The van der Waals surface area contributed by atoms with Crippen LogP contribution >= 0.6 is 0 Å². The monoisotopic (exact) mass is 402 g/mol. The third-order valence-electron chi connectivity index (χ3n) is 6.44. The van der Waals surface area contributed by atoms with Gasteiger partial charge in [-0.15, -0.1) is 0 Å². The summed E-state index contributed by atoms with van der Waals surface area (Å²) in [5, 5.41) is 5.85. The van der Waals surface area contributed by atoms with Crippen molar-refractivity contribution < 1.29 is 23.6 Å². The van der Waals surface area contributed by atoms with Gasteiger partial charge in [0.1, 0.15) is 11.4 Å². The lowest BCUT2D eigenvalue weighted by atomic mass is 9.76. The molecule has 4 rings (SSSR count). The first kappa shape index (κ1) is 19.5. The molecule has 0 bridgehead atoms. The Morgan fingerprint density at radius 1 is 1.31 bits per heavy atom. The molecule has 1 aromatic rings. The highest BCUT2D eigenvalue weighted by atomic mass is 19.1. The smallest absolute Gasteiger partial charge is 0.250 e. The molecule has 8 nitrogen and oxygen atoms in total. The molecule has 3 heterocycles. The second kappa shape index (κ2) is 6.62. The standard InChI is InChI=1S/C20H23FN4O4/c1-3-9(2)25-17(27)15-13(6-7-14(22)26)24-20(16(15)18(25)28)11-8-10(21)4-5-12(11)23-19(20)29/h4-5,8-9,13,15-16,24H,3,6-7H2,1-2H3,(H2,22,26)(H,23,29)/t9-,13+,15+,16-,20-/m0/s1. The number of carbonyl (C=O) groups is 4. The molecule has 1 spiro atoms. The van der Waals surface area contributed by atoms with Crippen molar-refractivity contribution in [1.82, 2.24) is 10.2 Å². The lowest BCUT2D eigenvalue weighted by Crippen LogP contribution is -2.54. The van der Waals surface area contributed by atoms with Gasteiger partial charge in [-0.3, -0.25) is 29.4 Å². The number of nitrogens with one attached hydrogen (secondary N) is 2. The van der Waals surface area contributed by atoms with E-state index in [0.29, 0.717) is 17.7 Å². The van der Waals surface area contributed by atoms with Gasteiger partial charge in [0, 0.05) is 29.8 Å². The Labute approximate surface area is 167 Å². The number of hydrogen-bond acceptors (Lipinski definition) is 5. The molecule has 0 unspecified atom stereocenters. The van der Waals surface area contributed by atoms with Crippen LogP contribution < -0.4 is 16.4 Å². The Bertz CT molecular complexity index is 935. The second-order valence-electron chi connectivity index (χ2n) is 8.02. The molecule has 3 aliphatic heterocycles. The quantitative estimate of drug-likeness (QED) is 0.623. The molecule has 3 aliphatic rings. The van der Waals surface area contributed by atoms with Crippen molar-refractivity contribution in [2.45, 2.75) is 50.7 Å². The van der Waals surface area contributed by atoms with E-state index in [2.05, 4.69) is 10.6 Å². The number of nitrogens with two attached hydrogens (primary N) is 1. The topological polar surface area (TPSA) is 122 Å². The number of halogens is 1. The molecule has 5 atom stereocenters. The van der Waals surface area contributed by atoms with Crippen molar-refractivity contribution in [3.8, 4) is 0 Å². The summed E-state index contributed by atoms with van der Waals surface area (Å²) in [4.78, 5) is 52.3. The van der Waals surface area contributed by atoms with E-state index in [-0.39, 0.29) is 24.8 Å². The predicted molar refractivity (Wildman–Crippen MR) is 101 cm³/mol. The first-order chi connectivity index (χ1) is 13.7. The molecular weight excluding hydrogens is 379 g/mol. The number of hydrogen-bond donors (Lipinski definition) is 3. The van der Waals surface area contributed by atoms with Crippen LogP contribution in [0.4, 0.5) is 10.1 Å². The van der Waals surface area contributed by atoms with Gasteiger partial charge in [-0.25, -0.2) is 4.39 Å². The summed E-state index contributed by atoms with van der Waals surface area (Å²) in [6, 6.07) is 2.95. The van der Waals surface area contributed by atoms with Crippen LogP contribution in [0, 0.1) is 17.7 Å². The largest absolute Gasteiger partial charge is 0.370 e. The Balaban J connectivity index is 1.85. The van der Waals surface area contributed by atoms with E-state index in [1.54, 1.807) is 6.92 Å². The molecule has 0 radical (unpaired) electrons. The molecule has 4 N–H and O–H groups in total. The van der Waals surface area contributed by atoms with Gasteiger partial charge in [-0.2, -0.15) is 0 Å². The van der Waals surface area contributed by atoms with Crippen LogP contribution in [0.1, 0.15) is 38.7 Å². The molecule has 1 aromatic carbocycles. The van der Waals surface area contributed by atoms with Crippen molar-refractivity contribution in [2.75, 3.05) is 5.32 Å². The number of primary amides is 1. The van der Waals surface area contributed by atoms with E-state index in [0.717, 1.165) is 0 Å². The van der Waals surface area contributed by atoms with Gasteiger partial charge < -0.3 is 11.1 Å². The highest BCUT2D eigenvalue weighted by molar-refractivity contribution is 6.15. The van der Waals surface area contributed by atoms with Gasteiger partial charge in [0.25, 0.3) is 0 Å². The zero-order valence-electron chi connectivity index (χ0n) is 16.2. The van der Waals surface area contributed by atoms with Crippen LogP contribution in [0.3, 0.4) is 0 Å². The van der Waals surface area contributed by atoms with E-state index in [1.807, 2.05) is 6.92 Å². The van der Waals surface area contributed by atoms with Crippen LogP contribution in [0.5, 0.6) is 0 Å². The van der Waals surface area contributed by atoms with Crippen molar-refractivity contribution >= 4 is 29.3 Å². The fraction of sp³-hybridized carbons (Fsp3) is 0.500. The molecule has 2 fully saturated rings. The Hall–Kier alpha value is -2.81. The van der Waals surface area contributed by atoms with Crippen LogP contribution in [0.15, 0.2) is 18.2 Å². The normalized spacial score (nSPS) is 31.2. The predicted octanol–water partition coefficient (Wildman–Crippen LogP) is 0.610. The van der Waals surface area contributed by atoms with E-state index >= 15 is 0 Å². The molecule has 0 aromatic heterocycles. The van der Waals surface area contributed by atoms with E-state index < -0.39 is 47.0 Å². The lowest BCUT2D eigenvalue weighted by molar-refractivity contribution is -0.145. The number of nitrogens with zero attached hydrogens (tertiary/aromatic N) is 1. The number of likely N-dealkylation sites (tertiary alicyclic amines) is 1. The minimum Gasteiger partial charge on any atom is -0.370 e. The van der Waals surface area contributed by atoms with Gasteiger partial charge in [-0.1, -0.05) is 6.92 Å². The maximum absolute atomic E-state index is 14.1. The van der Waals surface area contributed by atoms with Gasteiger partial charge >= 0.3 is 0 Å². The molecule has 2 saturated heterocycles. The summed E-state index contributed by atoms with van der Waals surface area (Å²) in [7, 11) is 0. The summed E-state index contributed by atoms with van der Waals surface area (Å²) >= 11 is 0. The average Bonchev–Trinajstić information content (AvgIpc) is 3.25. The van der Waals surface area contributed by atoms with Crippen LogP contribution in [0.2, 0.25) is 0 Å². The summed E-state index contributed by atoms with van der Waals surface area (Å²) in [5.74, 6) is -4.24. The number of carbonyl (C=O) groups excluding carboxylic acids is 4. The third kappa shape index (κ3) is 2.60. The van der Waals surface area contributed by atoms with E-state index in [9.17, 15) is 23.6 Å². The average molecular weight is 402 g/mol. The molecule has 4 amide bonds. The van der Waals surface area contributed by atoms with Crippen LogP contribution in [0.25, 0.3) is 0 Å². The summed E-state index contributed by atoms with van der Waals surface area (Å²) in [5.41, 5.74) is 4.44. The zero-order chi connectivity index (χ0) is 21.1. The van der Waals surface area contributed by atoms with Gasteiger partial charge in [0.05, 0.1) is 11.8 Å². The lowest BCUT2D eigenvalue weighted by Gasteiger charge is -2.31. The fourth-order valence-corrected chi connectivity index (χ4v) is 4.96. The van der Waals surface area contributed by atoms with Crippen molar-refractivity contribution in [3.63, 3.8) is 0 Å². The number of imide groups is 1. The fourth-order valence-electron chi connectivity index (χ4n) is 4.96. The number of fused-ring (bicyclic) bond motifs is 4. The minimum atomic E-state index is -1.56. The zero-order valence-corrected chi connectivity index (χ0v) is 16.2. The maximum atomic E-state index is 14.1. The van der Waals surface area contributed by atoms with Crippen molar-refractivity contribution in [2.24, 2.45) is 17.6 Å². The summed E-state index contributed by atoms with van der Waals surface area (Å²) < 4.78 is 14.1. The minimum absolute atomic E-state index is 0.000600. The molecule has 29 heavy (non-hydrogen) atoms. The van der Waals surface area contributed by atoms with Gasteiger partial charge in [0.2, 0.25) is 23.6 Å². The Morgan fingerprint density at radius 2 is 2.03 bits per heavy atom. The van der Waals surface area contributed by atoms with Crippen LogP contribution in [-0.2, 0) is 24.7 Å². The van der Waals surface area contributed by atoms with Gasteiger partial charge in [0.15, 0.2) is 0 Å². The number of amides is 4. The first-order valence-corrected chi connectivity index (χ1v) is 9.76. The highest BCUT2D eigenvalue weighted by Gasteiger charge is 2.70. The number of anilines is 1. The Kier molecular flexibility index (Phi) is 4.45. The first-order valence-electron chi connectivity index (χ1n) is 9.76. The van der Waals surface area contributed by atoms with Crippen molar-refractivity contribution in [3.05, 3.63) is 29.6 Å². The summed E-state index contributed by atoms with van der Waals surface area (Å²) in [6.45, 7) is 3.64. The van der Waals surface area contributed by atoms with Crippen molar-refractivity contribution in [1.29, 1.82) is 0 Å². The third-order valence-corrected chi connectivity index (χ3v) is 6.44. The Morgan fingerprint density at radius 3 is 2.69 bits per heavy atom. The van der Waals surface area contributed by atoms with E-state index in [1.165, 1.54) is 23.1 Å². The molecular formula is C20H23FN4O4. The van der Waals surface area contributed by atoms with E-state index in [4.69, 9.17) is 5.73 Å². The second-order valence-corrected chi connectivity index (χ2v) is 8.02.